The minimum atomic E-state index is -0.638. The molecular weight excluding hydrogens is 320 g/mol. The van der Waals surface area contributed by atoms with Gasteiger partial charge in [0.2, 0.25) is 5.91 Å². The van der Waals surface area contributed by atoms with Crippen molar-refractivity contribution in [2.45, 2.75) is 65.1 Å². The van der Waals surface area contributed by atoms with E-state index in [4.69, 9.17) is 15.2 Å². The number of nitrogens with two attached hydrogens (primary N) is 1. The van der Waals surface area contributed by atoms with Gasteiger partial charge in [-0.3, -0.25) is 4.79 Å². The first kappa shape index (κ1) is 22.1. The van der Waals surface area contributed by atoms with Crippen molar-refractivity contribution in [3.05, 3.63) is 0 Å². The van der Waals surface area contributed by atoms with Gasteiger partial charge in [0.15, 0.2) is 0 Å². The van der Waals surface area contributed by atoms with Crippen molar-refractivity contribution in [3.63, 3.8) is 0 Å². The number of carbonyl (C=O) groups is 2. The van der Waals surface area contributed by atoms with Crippen LogP contribution in [0.4, 0.5) is 0 Å². The monoisotopic (exact) mass is 350 g/mol. The zero-order chi connectivity index (χ0) is 16.7. The molecule has 0 spiro atoms. The molecular formula is C16H31ClN2O4. The summed E-state index contributed by atoms with van der Waals surface area (Å²) in [5.41, 5.74) is 6.05. The number of rotatable bonds is 7. The second kappa shape index (κ2) is 10.8. The topological polar surface area (TPSA) is 90.7 Å². The molecule has 1 rings (SSSR count). The molecule has 0 bridgehead atoms. The van der Waals surface area contributed by atoms with E-state index in [1.165, 1.54) is 0 Å². The number of nitrogens with one attached hydrogen (secondary N) is 1. The molecule has 0 aromatic rings. The molecule has 1 aliphatic rings. The number of hydrogen-bond acceptors (Lipinski definition) is 5. The first-order valence-corrected chi connectivity index (χ1v) is 8.15. The smallest absolute Gasteiger partial charge is 0.328 e. The molecule has 2 atom stereocenters. The van der Waals surface area contributed by atoms with Crippen LogP contribution in [0.3, 0.4) is 0 Å². The molecule has 7 heteroatoms. The average molecular weight is 351 g/mol. The van der Waals surface area contributed by atoms with E-state index < -0.39 is 18.1 Å². The molecule has 0 aromatic carbocycles. The number of carbonyl (C=O) groups excluding carboxylic acids is 2. The predicted molar refractivity (Wildman–Crippen MR) is 91.4 cm³/mol. The van der Waals surface area contributed by atoms with Crippen molar-refractivity contribution in [3.8, 4) is 0 Å². The van der Waals surface area contributed by atoms with E-state index in [0.29, 0.717) is 19.6 Å². The molecule has 0 aliphatic carbocycles. The van der Waals surface area contributed by atoms with E-state index in [2.05, 4.69) is 5.32 Å². The van der Waals surface area contributed by atoms with Gasteiger partial charge in [-0.1, -0.05) is 13.8 Å². The first-order chi connectivity index (χ1) is 10.3. The number of ether oxygens (including phenoxy) is 2. The zero-order valence-electron chi connectivity index (χ0n) is 14.5. The summed E-state index contributed by atoms with van der Waals surface area (Å²) in [6.45, 7) is 8.85. The Morgan fingerprint density at radius 3 is 2.26 bits per heavy atom. The number of amides is 1. The Hall–Kier alpha value is -0.850. The molecule has 136 valence electrons. The molecule has 1 saturated heterocycles. The van der Waals surface area contributed by atoms with E-state index >= 15 is 0 Å². The van der Waals surface area contributed by atoms with Gasteiger partial charge in [0, 0.05) is 13.2 Å². The van der Waals surface area contributed by atoms with Gasteiger partial charge in [-0.15, -0.1) is 12.4 Å². The molecule has 0 saturated carbocycles. The van der Waals surface area contributed by atoms with Gasteiger partial charge < -0.3 is 20.5 Å². The van der Waals surface area contributed by atoms with Crippen LogP contribution in [-0.2, 0) is 19.1 Å². The molecule has 0 aromatic heterocycles. The quantitative estimate of drug-likeness (QED) is 0.681. The predicted octanol–water partition coefficient (Wildman–Crippen LogP) is 1.64. The summed E-state index contributed by atoms with van der Waals surface area (Å²) >= 11 is 0. The van der Waals surface area contributed by atoms with Crippen LogP contribution in [0, 0.1) is 11.8 Å². The maximum absolute atomic E-state index is 12.3. The Labute approximate surface area is 145 Å². The second-order valence-electron chi connectivity index (χ2n) is 6.65. The summed E-state index contributed by atoms with van der Waals surface area (Å²) in [5.74, 6) is -0.298. The Morgan fingerprint density at radius 2 is 1.78 bits per heavy atom. The lowest BCUT2D eigenvalue weighted by molar-refractivity contribution is -0.152. The van der Waals surface area contributed by atoms with Crippen LogP contribution >= 0.6 is 12.4 Å². The highest BCUT2D eigenvalue weighted by atomic mass is 35.5. The van der Waals surface area contributed by atoms with Gasteiger partial charge in [0.25, 0.3) is 0 Å². The van der Waals surface area contributed by atoms with Gasteiger partial charge in [-0.05, 0) is 44.9 Å². The van der Waals surface area contributed by atoms with Crippen LogP contribution in [-0.4, -0.2) is 43.3 Å². The molecule has 3 N–H and O–H groups in total. The van der Waals surface area contributed by atoms with Gasteiger partial charge in [-0.2, -0.15) is 0 Å². The molecule has 23 heavy (non-hydrogen) atoms. The zero-order valence-corrected chi connectivity index (χ0v) is 15.4. The van der Waals surface area contributed by atoms with Crippen LogP contribution in [0.1, 0.15) is 47.0 Å². The lowest BCUT2D eigenvalue weighted by atomic mass is 9.91. The molecule has 1 unspecified atom stereocenters. The average Bonchev–Trinajstić information content (AvgIpc) is 2.45. The van der Waals surface area contributed by atoms with E-state index in [-0.39, 0.29) is 36.3 Å². The first-order valence-electron chi connectivity index (χ1n) is 8.15. The Bertz CT molecular complexity index is 371. The number of hydrogen-bond donors (Lipinski definition) is 2. The van der Waals surface area contributed by atoms with Crippen LogP contribution < -0.4 is 11.1 Å². The Balaban J connectivity index is 0.00000484. The highest BCUT2D eigenvalue weighted by Gasteiger charge is 2.30. The lowest BCUT2D eigenvalue weighted by Gasteiger charge is -2.28. The maximum atomic E-state index is 12.3. The fraction of sp³-hybridized carbons (Fsp3) is 0.875. The minimum absolute atomic E-state index is 0. The second-order valence-corrected chi connectivity index (χ2v) is 6.65. The Kier molecular flexibility index (Phi) is 10.4. The minimum Gasteiger partial charge on any atom is -0.461 e. The van der Waals surface area contributed by atoms with Crippen molar-refractivity contribution in [2.24, 2.45) is 17.6 Å². The van der Waals surface area contributed by atoms with Crippen molar-refractivity contribution in [1.29, 1.82) is 0 Å². The van der Waals surface area contributed by atoms with Gasteiger partial charge in [0.1, 0.15) is 6.04 Å². The van der Waals surface area contributed by atoms with Crippen molar-refractivity contribution in [1.82, 2.24) is 5.32 Å². The highest BCUT2D eigenvalue weighted by molar-refractivity contribution is 5.87. The lowest BCUT2D eigenvalue weighted by Crippen LogP contribution is -2.52. The summed E-state index contributed by atoms with van der Waals surface area (Å²) in [6, 6.07) is -1.24. The summed E-state index contributed by atoms with van der Waals surface area (Å²) < 4.78 is 10.5. The molecule has 6 nitrogen and oxygen atoms in total. The largest absolute Gasteiger partial charge is 0.461 e. The fourth-order valence-electron chi connectivity index (χ4n) is 2.56. The Morgan fingerprint density at radius 1 is 1.22 bits per heavy atom. The van der Waals surface area contributed by atoms with Crippen LogP contribution in [0.25, 0.3) is 0 Å². The SMILES string of the molecule is CC(C)C[C@H](NC(=O)C(N)C1CCOCC1)C(=O)OC(C)C.Cl. The van der Waals surface area contributed by atoms with E-state index in [1.54, 1.807) is 13.8 Å². The third kappa shape index (κ3) is 7.99. The maximum Gasteiger partial charge on any atom is 0.328 e. The summed E-state index contributed by atoms with van der Waals surface area (Å²) in [5, 5.41) is 2.77. The summed E-state index contributed by atoms with van der Waals surface area (Å²) in [4.78, 5) is 24.5. The van der Waals surface area contributed by atoms with E-state index in [1.807, 2.05) is 13.8 Å². The van der Waals surface area contributed by atoms with Crippen LogP contribution in [0.2, 0.25) is 0 Å². The van der Waals surface area contributed by atoms with E-state index in [0.717, 1.165) is 12.8 Å². The standard InChI is InChI=1S/C16H30N2O4.ClH/c1-10(2)9-13(16(20)22-11(3)4)18-15(19)14(17)12-5-7-21-8-6-12;/h10-14H,5-9,17H2,1-4H3,(H,18,19);1H/t13-,14?;/m0./s1. The molecule has 1 aliphatic heterocycles. The number of esters is 1. The fourth-order valence-corrected chi connectivity index (χ4v) is 2.56. The molecule has 1 amide bonds. The van der Waals surface area contributed by atoms with Crippen molar-refractivity contribution >= 4 is 24.3 Å². The van der Waals surface area contributed by atoms with Crippen molar-refractivity contribution < 1.29 is 19.1 Å². The third-order valence-corrected chi connectivity index (χ3v) is 3.74. The van der Waals surface area contributed by atoms with Gasteiger partial charge in [-0.25, -0.2) is 4.79 Å². The normalized spacial score (nSPS) is 18.2. The van der Waals surface area contributed by atoms with Gasteiger partial charge in [0.05, 0.1) is 12.1 Å². The molecule has 0 radical (unpaired) electrons. The third-order valence-electron chi connectivity index (χ3n) is 3.74. The molecule has 1 heterocycles. The van der Waals surface area contributed by atoms with Crippen molar-refractivity contribution in [2.75, 3.05) is 13.2 Å². The summed E-state index contributed by atoms with van der Waals surface area (Å²) in [7, 11) is 0. The van der Waals surface area contributed by atoms with Crippen LogP contribution in [0.5, 0.6) is 0 Å². The highest BCUT2D eigenvalue weighted by Crippen LogP contribution is 2.18. The van der Waals surface area contributed by atoms with Crippen LogP contribution in [0.15, 0.2) is 0 Å². The van der Waals surface area contributed by atoms with Gasteiger partial charge >= 0.3 is 5.97 Å². The number of halogens is 1. The summed E-state index contributed by atoms with van der Waals surface area (Å²) in [6.07, 6.45) is 1.89. The molecule has 1 fully saturated rings. The van der Waals surface area contributed by atoms with E-state index in [9.17, 15) is 9.59 Å².